The zero-order valence-electron chi connectivity index (χ0n) is 8.01. The molecule has 0 radical (unpaired) electrons. The van der Waals surface area contributed by atoms with Crippen LogP contribution in [-0.4, -0.2) is 18.0 Å². The predicted molar refractivity (Wildman–Crippen MR) is 48.1 cm³/mol. The number of Topliss-reactive ketones (excluding diaryl/α,β-unsaturated/α-hetero) is 1. The maximum atomic E-state index is 11.2. The standard InChI is InChI=1S/C10H18O2/c1-8(2)12-10-6-4-3-5-9(11)7-10/h8,10H,3-7H2,1-2H3. The molecule has 0 aromatic heterocycles. The summed E-state index contributed by atoms with van der Waals surface area (Å²) in [6, 6.07) is 0. The topological polar surface area (TPSA) is 26.3 Å². The largest absolute Gasteiger partial charge is 0.375 e. The Labute approximate surface area is 74.3 Å². The SMILES string of the molecule is CC(C)OC1CCCCC(=O)C1. The van der Waals surface area contributed by atoms with Crippen molar-refractivity contribution in [1.29, 1.82) is 0 Å². The lowest BCUT2D eigenvalue weighted by molar-refractivity contribution is -0.122. The average molecular weight is 170 g/mol. The lowest BCUT2D eigenvalue weighted by Gasteiger charge is -2.17. The number of ketones is 1. The summed E-state index contributed by atoms with van der Waals surface area (Å²) in [7, 11) is 0. The Kier molecular flexibility index (Phi) is 3.73. The minimum Gasteiger partial charge on any atom is -0.375 e. The first-order chi connectivity index (χ1) is 5.68. The van der Waals surface area contributed by atoms with E-state index in [1.54, 1.807) is 0 Å². The molecule has 0 amide bonds. The van der Waals surface area contributed by atoms with Gasteiger partial charge in [-0.05, 0) is 26.7 Å². The van der Waals surface area contributed by atoms with Gasteiger partial charge in [0, 0.05) is 12.8 Å². The van der Waals surface area contributed by atoms with Crippen molar-refractivity contribution in [3.8, 4) is 0 Å². The molecule has 2 nitrogen and oxygen atoms in total. The van der Waals surface area contributed by atoms with Crippen molar-refractivity contribution in [3.63, 3.8) is 0 Å². The van der Waals surface area contributed by atoms with Crippen LogP contribution in [0.1, 0.15) is 46.0 Å². The molecule has 0 bridgehead atoms. The van der Waals surface area contributed by atoms with E-state index in [1.165, 1.54) is 0 Å². The van der Waals surface area contributed by atoms with Crippen LogP contribution in [0, 0.1) is 0 Å². The van der Waals surface area contributed by atoms with Crippen LogP contribution in [0.2, 0.25) is 0 Å². The fourth-order valence-electron chi connectivity index (χ4n) is 1.65. The smallest absolute Gasteiger partial charge is 0.135 e. The highest BCUT2D eigenvalue weighted by Gasteiger charge is 2.18. The van der Waals surface area contributed by atoms with E-state index in [0.717, 1.165) is 25.7 Å². The molecule has 0 N–H and O–H groups in total. The first kappa shape index (κ1) is 9.72. The second-order valence-electron chi connectivity index (χ2n) is 3.80. The van der Waals surface area contributed by atoms with Crippen molar-refractivity contribution in [2.24, 2.45) is 0 Å². The number of carbonyl (C=O) groups excluding carboxylic acids is 1. The molecule has 1 saturated carbocycles. The summed E-state index contributed by atoms with van der Waals surface area (Å²) in [4.78, 5) is 11.2. The van der Waals surface area contributed by atoms with Crippen LogP contribution < -0.4 is 0 Å². The summed E-state index contributed by atoms with van der Waals surface area (Å²) in [6.07, 6.45) is 5.10. The molecular weight excluding hydrogens is 152 g/mol. The predicted octanol–water partition coefficient (Wildman–Crippen LogP) is 2.31. The zero-order chi connectivity index (χ0) is 8.97. The lowest BCUT2D eigenvalue weighted by atomic mass is 10.1. The van der Waals surface area contributed by atoms with Gasteiger partial charge in [-0.15, -0.1) is 0 Å². The maximum absolute atomic E-state index is 11.2. The number of rotatable bonds is 2. The van der Waals surface area contributed by atoms with E-state index in [0.29, 0.717) is 12.2 Å². The molecule has 1 rings (SSSR count). The molecule has 1 unspecified atom stereocenters. The van der Waals surface area contributed by atoms with Gasteiger partial charge in [-0.1, -0.05) is 6.42 Å². The summed E-state index contributed by atoms with van der Waals surface area (Å²) in [5, 5.41) is 0. The van der Waals surface area contributed by atoms with E-state index in [1.807, 2.05) is 13.8 Å². The minimum atomic E-state index is 0.194. The Morgan fingerprint density at radius 2 is 2.17 bits per heavy atom. The van der Waals surface area contributed by atoms with Gasteiger partial charge in [0.25, 0.3) is 0 Å². The van der Waals surface area contributed by atoms with E-state index in [-0.39, 0.29) is 12.2 Å². The highest BCUT2D eigenvalue weighted by Crippen LogP contribution is 2.18. The fourth-order valence-corrected chi connectivity index (χ4v) is 1.65. The van der Waals surface area contributed by atoms with Gasteiger partial charge < -0.3 is 4.74 Å². The van der Waals surface area contributed by atoms with Gasteiger partial charge in [-0.25, -0.2) is 0 Å². The molecule has 0 aliphatic heterocycles. The van der Waals surface area contributed by atoms with Crippen molar-refractivity contribution in [1.82, 2.24) is 0 Å². The highest BCUT2D eigenvalue weighted by atomic mass is 16.5. The summed E-state index contributed by atoms with van der Waals surface area (Å²) >= 11 is 0. The van der Waals surface area contributed by atoms with Crippen molar-refractivity contribution in [3.05, 3.63) is 0 Å². The first-order valence-electron chi connectivity index (χ1n) is 4.85. The number of ether oxygens (including phenoxy) is 1. The van der Waals surface area contributed by atoms with Gasteiger partial charge in [-0.3, -0.25) is 4.79 Å². The van der Waals surface area contributed by atoms with Crippen LogP contribution in [-0.2, 0) is 9.53 Å². The summed E-state index contributed by atoms with van der Waals surface area (Å²) in [6.45, 7) is 4.05. The van der Waals surface area contributed by atoms with Crippen molar-refractivity contribution < 1.29 is 9.53 Å². The Morgan fingerprint density at radius 1 is 1.42 bits per heavy atom. The lowest BCUT2D eigenvalue weighted by Crippen LogP contribution is -2.19. The number of carbonyl (C=O) groups is 1. The molecule has 2 heteroatoms. The van der Waals surface area contributed by atoms with E-state index >= 15 is 0 Å². The molecule has 0 spiro atoms. The fraction of sp³-hybridized carbons (Fsp3) is 0.900. The molecule has 0 aromatic rings. The van der Waals surface area contributed by atoms with Crippen molar-refractivity contribution in [2.75, 3.05) is 0 Å². The van der Waals surface area contributed by atoms with E-state index in [2.05, 4.69) is 0 Å². The van der Waals surface area contributed by atoms with Gasteiger partial charge in [0.2, 0.25) is 0 Å². The quantitative estimate of drug-likeness (QED) is 0.594. The summed E-state index contributed by atoms with van der Waals surface area (Å²) in [5.74, 6) is 0.373. The second-order valence-corrected chi connectivity index (χ2v) is 3.80. The van der Waals surface area contributed by atoms with Crippen LogP contribution in [0.15, 0.2) is 0 Å². The Bertz CT molecular complexity index is 152. The van der Waals surface area contributed by atoms with Gasteiger partial charge in [0.15, 0.2) is 0 Å². The third-order valence-electron chi connectivity index (χ3n) is 2.15. The monoisotopic (exact) mass is 170 g/mol. The van der Waals surface area contributed by atoms with E-state index in [4.69, 9.17) is 4.74 Å². The van der Waals surface area contributed by atoms with Crippen LogP contribution >= 0.6 is 0 Å². The molecule has 1 aliphatic carbocycles. The summed E-state index contributed by atoms with van der Waals surface area (Å²) in [5.41, 5.74) is 0. The van der Waals surface area contributed by atoms with E-state index < -0.39 is 0 Å². The Balaban J connectivity index is 2.36. The average Bonchev–Trinajstić information content (AvgIpc) is 2.12. The van der Waals surface area contributed by atoms with Crippen LogP contribution in [0.3, 0.4) is 0 Å². The second kappa shape index (κ2) is 4.61. The first-order valence-corrected chi connectivity index (χ1v) is 4.85. The minimum absolute atomic E-state index is 0.194. The van der Waals surface area contributed by atoms with E-state index in [9.17, 15) is 4.79 Å². The van der Waals surface area contributed by atoms with Gasteiger partial charge >= 0.3 is 0 Å². The van der Waals surface area contributed by atoms with Gasteiger partial charge in [0.05, 0.1) is 12.2 Å². The molecular formula is C10H18O2. The molecule has 70 valence electrons. The molecule has 1 fully saturated rings. The molecule has 1 atom stereocenters. The van der Waals surface area contributed by atoms with Gasteiger partial charge in [-0.2, -0.15) is 0 Å². The van der Waals surface area contributed by atoms with Crippen LogP contribution in [0.25, 0.3) is 0 Å². The Morgan fingerprint density at radius 3 is 2.83 bits per heavy atom. The highest BCUT2D eigenvalue weighted by molar-refractivity contribution is 5.79. The van der Waals surface area contributed by atoms with Gasteiger partial charge in [0.1, 0.15) is 5.78 Å². The molecule has 0 aromatic carbocycles. The molecule has 0 heterocycles. The molecule has 0 saturated heterocycles. The summed E-state index contributed by atoms with van der Waals surface area (Å²) < 4.78 is 5.62. The van der Waals surface area contributed by atoms with Crippen molar-refractivity contribution >= 4 is 5.78 Å². The Hall–Kier alpha value is -0.370. The van der Waals surface area contributed by atoms with Crippen LogP contribution in [0.5, 0.6) is 0 Å². The number of hydrogen-bond donors (Lipinski definition) is 0. The van der Waals surface area contributed by atoms with Crippen molar-refractivity contribution in [2.45, 2.75) is 58.2 Å². The molecule has 12 heavy (non-hydrogen) atoms. The zero-order valence-corrected chi connectivity index (χ0v) is 8.01. The third-order valence-corrected chi connectivity index (χ3v) is 2.15. The van der Waals surface area contributed by atoms with Crippen LogP contribution in [0.4, 0.5) is 0 Å². The third kappa shape index (κ3) is 3.35. The maximum Gasteiger partial charge on any atom is 0.135 e. The molecule has 1 aliphatic rings. The number of hydrogen-bond acceptors (Lipinski definition) is 2. The normalized spacial score (nSPS) is 25.9.